The third-order valence-electron chi connectivity index (χ3n) is 4.91. The van der Waals surface area contributed by atoms with Gasteiger partial charge < -0.3 is 4.98 Å². The summed E-state index contributed by atoms with van der Waals surface area (Å²) in [5, 5.41) is 1.43. The van der Waals surface area contributed by atoms with Gasteiger partial charge in [0.2, 0.25) is 0 Å². The van der Waals surface area contributed by atoms with E-state index in [-0.39, 0.29) is 0 Å². The minimum Gasteiger partial charge on any atom is -0.361 e. The number of nitrogens with one attached hydrogen (secondary N) is 1. The smallest absolute Gasteiger partial charge is 0.0495 e. The van der Waals surface area contributed by atoms with E-state index in [0.717, 1.165) is 12.8 Å². The molecule has 0 bridgehead atoms. The third-order valence-corrected chi connectivity index (χ3v) is 4.91. The minimum atomic E-state index is 0.681. The van der Waals surface area contributed by atoms with Crippen molar-refractivity contribution in [3.63, 3.8) is 0 Å². The number of rotatable bonds is 3. The van der Waals surface area contributed by atoms with Crippen molar-refractivity contribution < 1.29 is 0 Å². The maximum absolute atomic E-state index is 3.50. The molecule has 1 aromatic heterocycles. The summed E-state index contributed by atoms with van der Waals surface area (Å²) in [4.78, 5) is 3.50. The van der Waals surface area contributed by atoms with Crippen LogP contribution in [0.5, 0.6) is 0 Å². The van der Waals surface area contributed by atoms with Crippen LogP contribution >= 0.6 is 0 Å². The quantitative estimate of drug-likeness (QED) is 0.697. The first kappa shape index (κ1) is 13.5. The van der Waals surface area contributed by atoms with E-state index in [1.54, 1.807) is 11.1 Å². The van der Waals surface area contributed by atoms with Gasteiger partial charge in [-0.3, -0.25) is 0 Å². The van der Waals surface area contributed by atoms with Crippen LogP contribution in [-0.4, -0.2) is 4.98 Å². The summed E-state index contributed by atoms with van der Waals surface area (Å²) in [7, 11) is 0. The Kier molecular flexibility index (Phi) is 3.45. The minimum absolute atomic E-state index is 0.681. The molecular formula is C19H25N. The Balaban J connectivity index is 2.24. The van der Waals surface area contributed by atoms with Crippen molar-refractivity contribution in [3.8, 4) is 0 Å². The molecule has 0 spiro atoms. The van der Waals surface area contributed by atoms with Gasteiger partial charge in [-0.25, -0.2) is 0 Å². The lowest BCUT2D eigenvalue weighted by atomic mass is 9.89. The van der Waals surface area contributed by atoms with Crippen LogP contribution in [0.1, 0.15) is 67.7 Å². The SMILES string of the molecule is CC/C=C/Cc1c(C)c2c(c3[nH]ccc13)[C@H](C)C[C@@H]2C. The van der Waals surface area contributed by atoms with E-state index in [0.29, 0.717) is 11.8 Å². The van der Waals surface area contributed by atoms with Crippen molar-refractivity contribution in [1.82, 2.24) is 4.98 Å². The Morgan fingerprint density at radius 3 is 2.70 bits per heavy atom. The van der Waals surface area contributed by atoms with Gasteiger partial charge in [-0.2, -0.15) is 0 Å². The second kappa shape index (κ2) is 5.12. The number of H-pyrrole nitrogens is 1. The predicted molar refractivity (Wildman–Crippen MR) is 87.6 cm³/mol. The molecule has 1 heteroatoms. The number of aromatic amines is 1. The van der Waals surface area contributed by atoms with Crippen LogP contribution in [0.4, 0.5) is 0 Å². The molecule has 2 atom stereocenters. The van der Waals surface area contributed by atoms with Crippen molar-refractivity contribution >= 4 is 10.9 Å². The third kappa shape index (κ3) is 1.91. The Hall–Kier alpha value is -1.50. The molecule has 0 saturated heterocycles. The zero-order chi connectivity index (χ0) is 14.3. The molecule has 20 heavy (non-hydrogen) atoms. The van der Waals surface area contributed by atoms with Crippen molar-refractivity contribution in [3.05, 3.63) is 46.7 Å². The zero-order valence-electron chi connectivity index (χ0n) is 13.1. The van der Waals surface area contributed by atoms with Gasteiger partial charge in [0.15, 0.2) is 0 Å². The molecule has 1 aliphatic carbocycles. The van der Waals surface area contributed by atoms with Crippen LogP contribution in [0.15, 0.2) is 24.4 Å². The highest BCUT2D eigenvalue weighted by atomic mass is 14.7. The van der Waals surface area contributed by atoms with E-state index >= 15 is 0 Å². The molecular weight excluding hydrogens is 242 g/mol. The molecule has 0 fully saturated rings. The average Bonchev–Trinajstić information content (AvgIpc) is 2.98. The summed E-state index contributed by atoms with van der Waals surface area (Å²) in [6.45, 7) is 9.28. The number of fused-ring (bicyclic) bond motifs is 3. The average molecular weight is 267 g/mol. The lowest BCUT2D eigenvalue weighted by molar-refractivity contribution is 0.661. The van der Waals surface area contributed by atoms with Gasteiger partial charge in [0.1, 0.15) is 0 Å². The van der Waals surface area contributed by atoms with E-state index in [9.17, 15) is 0 Å². The van der Waals surface area contributed by atoms with Gasteiger partial charge in [0, 0.05) is 17.1 Å². The first-order valence-corrected chi connectivity index (χ1v) is 7.92. The van der Waals surface area contributed by atoms with E-state index < -0.39 is 0 Å². The molecule has 3 rings (SSSR count). The fourth-order valence-corrected chi connectivity index (χ4v) is 4.09. The lowest BCUT2D eigenvalue weighted by Crippen LogP contribution is -1.99. The van der Waals surface area contributed by atoms with Crippen molar-refractivity contribution in [2.24, 2.45) is 0 Å². The topological polar surface area (TPSA) is 15.8 Å². The molecule has 0 aliphatic heterocycles. The molecule has 0 radical (unpaired) electrons. The van der Waals surface area contributed by atoms with Gasteiger partial charge in [-0.15, -0.1) is 0 Å². The van der Waals surface area contributed by atoms with E-state index in [1.165, 1.54) is 28.5 Å². The van der Waals surface area contributed by atoms with Crippen LogP contribution in [0.3, 0.4) is 0 Å². The monoisotopic (exact) mass is 267 g/mol. The first-order valence-electron chi connectivity index (χ1n) is 7.92. The molecule has 0 unspecified atom stereocenters. The van der Waals surface area contributed by atoms with E-state index in [1.807, 2.05) is 0 Å². The fourth-order valence-electron chi connectivity index (χ4n) is 4.09. The highest BCUT2D eigenvalue weighted by molar-refractivity contribution is 5.90. The summed E-state index contributed by atoms with van der Waals surface area (Å²) >= 11 is 0. The van der Waals surface area contributed by atoms with Gasteiger partial charge in [-0.05, 0) is 66.3 Å². The highest BCUT2D eigenvalue weighted by Gasteiger charge is 2.30. The van der Waals surface area contributed by atoms with Gasteiger partial charge in [-0.1, -0.05) is 32.9 Å². The van der Waals surface area contributed by atoms with E-state index in [4.69, 9.17) is 0 Å². The maximum Gasteiger partial charge on any atom is 0.0495 e. The Morgan fingerprint density at radius 2 is 1.95 bits per heavy atom. The normalized spacial score (nSPS) is 22.0. The van der Waals surface area contributed by atoms with Gasteiger partial charge in [0.05, 0.1) is 0 Å². The summed E-state index contributed by atoms with van der Waals surface area (Å²) in [5.41, 5.74) is 7.64. The van der Waals surface area contributed by atoms with Gasteiger partial charge >= 0.3 is 0 Å². The molecule has 1 N–H and O–H groups in total. The largest absolute Gasteiger partial charge is 0.361 e. The van der Waals surface area contributed by atoms with Crippen LogP contribution in [-0.2, 0) is 6.42 Å². The molecule has 106 valence electrons. The maximum atomic E-state index is 3.50. The summed E-state index contributed by atoms with van der Waals surface area (Å²) in [6, 6.07) is 2.26. The van der Waals surface area contributed by atoms with Crippen molar-refractivity contribution in [2.45, 2.75) is 58.8 Å². The lowest BCUT2D eigenvalue weighted by Gasteiger charge is -2.16. The number of hydrogen-bond acceptors (Lipinski definition) is 0. The predicted octanol–water partition coefficient (Wildman–Crippen LogP) is 5.60. The number of aromatic nitrogens is 1. The van der Waals surface area contributed by atoms with E-state index in [2.05, 4.69) is 57.1 Å². The second-order valence-corrected chi connectivity index (χ2v) is 6.32. The Labute approximate surface area is 122 Å². The number of hydrogen-bond donors (Lipinski definition) is 1. The molecule has 1 aliphatic rings. The molecule has 0 saturated carbocycles. The molecule has 1 nitrogen and oxygen atoms in total. The van der Waals surface area contributed by atoms with Crippen LogP contribution in [0.2, 0.25) is 0 Å². The Morgan fingerprint density at radius 1 is 1.20 bits per heavy atom. The zero-order valence-corrected chi connectivity index (χ0v) is 13.1. The standard InChI is InChI=1S/C19H25N/c1-5-6-7-8-15-14(4)17-12(2)11-13(3)18(17)19-16(15)9-10-20-19/h6-7,9-10,12-13,20H,5,8,11H2,1-4H3/b7-6+/t12-,13+/m0/s1. The molecule has 2 aromatic rings. The summed E-state index contributed by atoms with van der Waals surface area (Å²) in [6.07, 6.45) is 10.2. The van der Waals surface area contributed by atoms with Crippen molar-refractivity contribution in [2.75, 3.05) is 0 Å². The van der Waals surface area contributed by atoms with Crippen LogP contribution in [0, 0.1) is 6.92 Å². The molecule has 0 amide bonds. The number of benzene rings is 1. The highest BCUT2D eigenvalue weighted by Crippen LogP contribution is 2.47. The Bertz CT molecular complexity index is 660. The molecule has 1 aromatic carbocycles. The summed E-state index contributed by atoms with van der Waals surface area (Å²) < 4.78 is 0. The van der Waals surface area contributed by atoms with Crippen LogP contribution < -0.4 is 0 Å². The summed E-state index contributed by atoms with van der Waals surface area (Å²) in [5.74, 6) is 1.38. The van der Waals surface area contributed by atoms with Crippen molar-refractivity contribution in [1.29, 1.82) is 0 Å². The number of allylic oxidation sites excluding steroid dienone is 2. The first-order chi connectivity index (χ1) is 9.65. The van der Waals surface area contributed by atoms with Gasteiger partial charge in [0.25, 0.3) is 0 Å². The fraction of sp³-hybridized carbons (Fsp3) is 0.474. The second-order valence-electron chi connectivity index (χ2n) is 6.32. The molecule has 1 heterocycles. The van der Waals surface area contributed by atoms with Crippen LogP contribution in [0.25, 0.3) is 10.9 Å².